The van der Waals surface area contributed by atoms with E-state index in [9.17, 15) is 8.42 Å². The lowest BCUT2D eigenvalue weighted by Gasteiger charge is -2.35. The number of nitriles is 1. The molecule has 0 N–H and O–H groups in total. The average Bonchev–Trinajstić information content (AvgIpc) is 2.26. The predicted octanol–water partition coefficient (Wildman–Crippen LogP) is 0.752. The molecule has 0 aromatic heterocycles. The van der Waals surface area contributed by atoms with Crippen LogP contribution in [0.25, 0.3) is 0 Å². The van der Waals surface area contributed by atoms with Gasteiger partial charge in [0.2, 0.25) is 0 Å². The second kappa shape index (κ2) is 5.39. The van der Waals surface area contributed by atoms with Crippen LogP contribution in [0.2, 0.25) is 0 Å². The topological polar surface area (TPSA) is 61.2 Å². The van der Waals surface area contributed by atoms with Gasteiger partial charge < -0.3 is 4.90 Å². The maximum Gasteiger partial charge on any atom is 0.148 e. The van der Waals surface area contributed by atoms with E-state index in [2.05, 4.69) is 11.0 Å². The second-order valence-corrected chi connectivity index (χ2v) is 7.73. The van der Waals surface area contributed by atoms with Crippen LogP contribution in [0.15, 0.2) is 0 Å². The standard InChI is InChI=1S/C10H18N2O2S2/c1-15-10(9-11)3-5-12(6-4-10)7-8-16(2,13)14/h3-8H2,1-2H3. The summed E-state index contributed by atoms with van der Waals surface area (Å²) in [6, 6.07) is 2.38. The molecule has 0 amide bonds. The van der Waals surface area contributed by atoms with Gasteiger partial charge in [0.1, 0.15) is 14.6 Å². The molecule has 1 rings (SSSR count). The number of thioether (sulfide) groups is 1. The first-order valence-corrected chi connectivity index (χ1v) is 8.56. The normalized spacial score (nSPS) is 21.6. The minimum Gasteiger partial charge on any atom is -0.302 e. The molecule has 1 fully saturated rings. The van der Waals surface area contributed by atoms with Gasteiger partial charge >= 0.3 is 0 Å². The van der Waals surface area contributed by atoms with Crippen LogP contribution < -0.4 is 0 Å². The zero-order valence-electron chi connectivity index (χ0n) is 9.77. The minimum atomic E-state index is -2.88. The molecule has 0 radical (unpaired) electrons. The largest absolute Gasteiger partial charge is 0.302 e. The van der Waals surface area contributed by atoms with Crippen LogP contribution in [-0.4, -0.2) is 56.0 Å². The average molecular weight is 262 g/mol. The van der Waals surface area contributed by atoms with Gasteiger partial charge in [-0.15, -0.1) is 11.8 Å². The van der Waals surface area contributed by atoms with Gasteiger partial charge in [-0.1, -0.05) is 0 Å². The van der Waals surface area contributed by atoms with E-state index in [1.165, 1.54) is 6.26 Å². The minimum absolute atomic E-state index is 0.214. The van der Waals surface area contributed by atoms with Crippen LogP contribution in [-0.2, 0) is 9.84 Å². The second-order valence-electron chi connectivity index (χ2n) is 4.28. The Labute approximate surface area is 102 Å². The molecule has 0 aromatic rings. The van der Waals surface area contributed by atoms with Crippen LogP contribution in [0, 0.1) is 11.3 Å². The van der Waals surface area contributed by atoms with Gasteiger partial charge in [-0.05, 0) is 19.1 Å². The maximum absolute atomic E-state index is 11.0. The molecule has 0 aliphatic carbocycles. The number of rotatable bonds is 4. The van der Waals surface area contributed by atoms with Crippen molar-refractivity contribution in [2.45, 2.75) is 17.6 Å². The van der Waals surface area contributed by atoms with Crippen molar-refractivity contribution in [1.82, 2.24) is 4.90 Å². The van der Waals surface area contributed by atoms with Crippen molar-refractivity contribution in [1.29, 1.82) is 5.26 Å². The van der Waals surface area contributed by atoms with Crippen molar-refractivity contribution in [2.24, 2.45) is 0 Å². The molecule has 6 heteroatoms. The van der Waals surface area contributed by atoms with Crippen molar-refractivity contribution in [2.75, 3.05) is 37.9 Å². The molecular formula is C10H18N2O2S2. The van der Waals surface area contributed by atoms with Gasteiger partial charge in [0.15, 0.2) is 0 Å². The fraction of sp³-hybridized carbons (Fsp3) is 0.900. The van der Waals surface area contributed by atoms with E-state index in [4.69, 9.17) is 5.26 Å². The monoisotopic (exact) mass is 262 g/mol. The smallest absolute Gasteiger partial charge is 0.148 e. The zero-order chi connectivity index (χ0) is 12.2. The fourth-order valence-corrected chi connectivity index (χ4v) is 3.07. The summed E-state index contributed by atoms with van der Waals surface area (Å²) in [6.07, 6.45) is 4.89. The van der Waals surface area contributed by atoms with Crippen molar-refractivity contribution in [3.63, 3.8) is 0 Å². The summed E-state index contributed by atoms with van der Waals surface area (Å²) in [7, 11) is -2.88. The molecule has 0 unspecified atom stereocenters. The first-order chi connectivity index (χ1) is 7.41. The summed E-state index contributed by atoms with van der Waals surface area (Å²) in [5.74, 6) is 0.214. The van der Waals surface area contributed by atoms with E-state index in [0.29, 0.717) is 6.54 Å². The Hall–Kier alpha value is -0.250. The molecule has 0 bridgehead atoms. The third-order valence-electron chi connectivity index (χ3n) is 3.04. The molecule has 1 heterocycles. The molecule has 0 atom stereocenters. The number of hydrogen-bond acceptors (Lipinski definition) is 5. The summed E-state index contributed by atoms with van der Waals surface area (Å²) < 4.78 is 21.8. The molecule has 0 aromatic carbocycles. The van der Waals surface area contributed by atoms with E-state index < -0.39 is 9.84 Å². The number of hydrogen-bond donors (Lipinski definition) is 0. The van der Waals surface area contributed by atoms with Crippen LogP contribution in [0.1, 0.15) is 12.8 Å². The fourth-order valence-electron chi connectivity index (χ4n) is 1.79. The Kier molecular flexibility index (Phi) is 4.65. The van der Waals surface area contributed by atoms with Gasteiger partial charge in [-0.25, -0.2) is 8.42 Å². The van der Waals surface area contributed by atoms with E-state index in [0.717, 1.165) is 25.9 Å². The highest BCUT2D eigenvalue weighted by Crippen LogP contribution is 2.33. The third-order valence-corrected chi connectivity index (χ3v) is 5.24. The number of nitrogens with zero attached hydrogens (tertiary/aromatic N) is 2. The molecule has 4 nitrogen and oxygen atoms in total. The lowest BCUT2D eigenvalue weighted by atomic mass is 9.97. The van der Waals surface area contributed by atoms with Gasteiger partial charge in [0.25, 0.3) is 0 Å². The summed E-state index contributed by atoms with van der Waals surface area (Å²) in [6.45, 7) is 2.24. The Morgan fingerprint density at radius 2 is 2.00 bits per heavy atom. The van der Waals surface area contributed by atoms with Gasteiger partial charge in [-0.2, -0.15) is 5.26 Å². The zero-order valence-corrected chi connectivity index (χ0v) is 11.4. The Morgan fingerprint density at radius 3 is 2.38 bits per heavy atom. The molecule has 16 heavy (non-hydrogen) atoms. The highest BCUT2D eigenvalue weighted by molar-refractivity contribution is 8.00. The van der Waals surface area contributed by atoms with Gasteiger partial charge in [0.05, 0.1) is 11.8 Å². The van der Waals surface area contributed by atoms with Crippen LogP contribution in [0.4, 0.5) is 0 Å². The molecule has 92 valence electrons. The van der Waals surface area contributed by atoms with E-state index in [1.54, 1.807) is 11.8 Å². The van der Waals surface area contributed by atoms with Crippen LogP contribution in [0.3, 0.4) is 0 Å². The quantitative estimate of drug-likeness (QED) is 0.748. The van der Waals surface area contributed by atoms with E-state index in [1.807, 2.05) is 6.26 Å². The highest BCUT2D eigenvalue weighted by Gasteiger charge is 2.33. The number of piperidine rings is 1. The Bertz CT molecular complexity index is 365. The summed E-state index contributed by atoms with van der Waals surface area (Å²) in [4.78, 5) is 2.13. The predicted molar refractivity (Wildman–Crippen MR) is 67.2 cm³/mol. The van der Waals surface area contributed by atoms with E-state index in [-0.39, 0.29) is 10.5 Å². The number of likely N-dealkylation sites (tertiary alicyclic amines) is 1. The third kappa shape index (κ3) is 3.96. The van der Waals surface area contributed by atoms with Crippen molar-refractivity contribution in [3.8, 4) is 6.07 Å². The van der Waals surface area contributed by atoms with Gasteiger partial charge in [0, 0.05) is 25.9 Å². The molecular weight excluding hydrogens is 244 g/mol. The van der Waals surface area contributed by atoms with Crippen molar-refractivity contribution in [3.05, 3.63) is 0 Å². The molecule has 1 saturated heterocycles. The number of sulfone groups is 1. The lowest BCUT2D eigenvalue weighted by Crippen LogP contribution is -2.43. The maximum atomic E-state index is 11.0. The summed E-state index contributed by atoms with van der Waals surface area (Å²) >= 11 is 1.61. The van der Waals surface area contributed by atoms with E-state index >= 15 is 0 Å². The van der Waals surface area contributed by atoms with Crippen LogP contribution >= 0.6 is 11.8 Å². The molecule has 1 aliphatic rings. The summed E-state index contributed by atoms with van der Waals surface area (Å²) in [5, 5.41) is 9.10. The van der Waals surface area contributed by atoms with Crippen LogP contribution in [0.5, 0.6) is 0 Å². The van der Waals surface area contributed by atoms with Crippen molar-refractivity contribution >= 4 is 21.6 Å². The first kappa shape index (κ1) is 13.8. The lowest BCUT2D eigenvalue weighted by molar-refractivity contribution is 0.228. The van der Waals surface area contributed by atoms with Gasteiger partial charge in [-0.3, -0.25) is 0 Å². The first-order valence-electron chi connectivity index (χ1n) is 5.27. The SMILES string of the molecule is CSC1(C#N)CCN(CCS(C)(=O)=O)CC1. The Balaban J connectivity index is 2.41. The summed E-state index contributed by atoms with van der Waals surface area (Å²) in [5.41, 5.74) is 0. The Morgan fingerprint density at radius 1 is 1.44 bits per heavy atom. The van der Waals surface area contributed by atoms with Crippen molar-refractivity contribution < 1.29 is 8.42 Å². The molecule has 0 saturated carbocycles. The molecule has 1 aliphatic heterocycles. The highest BCUT2D eigenvalue weighted by atomic mass is 32.2. The molecule has 0 spiro atoms.